The minimum atomic E-state index is -4.91. The average molecular weight is 301 g/mol. The lowest BCUT2D eigenvalue weighted by Crippen LogP contribution is -2.20. The first-order valence-electron chi connectivity index (χ1n) is 4.00. The van der Waals surface area contributed by atoms with Gasteiger partial charge in [-0.3, -0.25) is 13.6 Å². The van der Waals surface area contributed by atoms with Crippen molar-refractivity contribution < 1.29 is 40.0 Å². The Bertz CT molecular complexity index is 340. The fourth-order valence-corrected chi connectivity index (χ4v) is 1.70. The predicted octanol–water partition coefficient (Wildman–Crippen LogP) is 3.61. The second-order valence-electron chi connectivity index (χ2n) is 2.76. The third-order valence-electron chi connectivity index (χ3n) is 1.15. The standard InChI is InChI=1S/C5H6F6N3O3P/c6-4(7,8)1-16-18(15,3-13-14-12)17-2-5(9,10)11/h1-3H2. The van der Waals surface area contributed by atoms with Crippen molar-refractivity contribution in [3.05, 3.63) is 10.4 Å². The van der Waals surface area contributed by atoms with Gasteiger partial charge in [0.25, 0.3) is 0 Å². The van der Waals surface area contributed by atoms with Crippen LogP contribution in [0.3, 0.4) is 0 Å². The summed E-state index contributed by atoms with van der Waals surface area (Å²) in [4.78, 5) is 2.04. The maximum atomic E-state index is 11.8. The normalized spacial score (nSPS) is 13.2. The molecule has 0 rings (SSSR count). The van der Waals surface area contributed by atoms with Gasteiger partial charge in [0.1, 0.15) is 6.29 Å². The van der Waals surface area contributed by atoms with Gasteiger partial charge in [-0.15, -0.1) is 0 Å². The van der Waals surface area contributed by atoms with Gasteiger partial charge in [-0.05, 0) is 5.53 Å². The zero-order chi connectivity index (χ0) is 14.4. The fourth-order valence-electron chi connectivity index (χ4n) is 0.568. The molecule has 0 aromatic heterocycles. The summed E-state index contributed by atoms with van der Waals surface area (Å²) in [6, 6.07) is 0. The lowest BCUT2D eigenvalue weighted by atomic mass is 10.7. The summed E-state index contributed by atoms with van der Waals surface area (Å²) in [6.07, 6.45) is -11.1. The predicted molar refractivity (Wildman–Crippen MR) is 45.6 cm³/mol. The Hall–Kier alpha value is -0.960. The number of nitrogens with zero attached hydrogens (tertiary/aromatic N) is 3. The van der Waals surface area contributed by atoms with E-state index >= 15 is 0 Å². The molecule has 0 unspecified atom stereocenters. The second-order valence-corrected chi connectivity index (χ2v) is 4.78. The van der Waals surface area contributed by atoms with E-state index in [1.54, 1.807) is 0 Å². The van der Waals surface area contributed by atoms with Crippen molar-refractivity contribution in [2.45, 2.75) is 12.4 Å². The summed E-state index contributed by atoms with van der Waals surface area (Å²) in [6.45, 7) is -4.16. The molecule has 0 saturated heterocycles. The second kappa shape index (κ2) is 6.28. The zero-order valence-corrected chi connectivity index (χ0v) is 9.30. The Labute approximate surface area is 96.0 Å². The number of azide groups is 1. The van der Waals surface area contributed by atoms with Gasteiger partial charge in [-0.25, -0.2) is 0 Å². The molecule has 0 radical (unpaired) electrons. The van der Waals surface area contributed by atoms with Crippen molar-refractivity contribution in [3.8, 4) is 0 Å². The summed E-state index contributed by atoms with van der Waals surface area (Å²) in [5.74, 6) is 0. The molecule has 0 aliphatic carbocycles. The van der Waals surface area contributed by atoms with E-state index in [9.17, 15) is 30.9 Å². The molecule has 18 heavy (non-hydrogen) atoms. The molecule has 0 aliphatic heterocycles. The lowest BCUT2D eigenvalue weighted by Gasteiger charge is -2.18. The van der Waals surface area contributed by atoms with Crippen molar-refractivity contribution >= 4 is 7.60 Å². The van der Waals surface area contributed by atoms with Crippen LogP contribution >= 0.6 is 7.60 Å². The van der Waals surface area contributed by atoms with Crippen molar-refractivity contribution in [3.63, 3.8) is 0 Å². The molecule has 0 aliphatic rings. The van der Waals surface area contributed by atoms with E-state index in [-0.39, 0.29) is 0 Å². The molecule has 0 saturated carbocycles. The molecular weight excluding hydrogens is 295 g/mol. The molecule has 0 heterocycles. The molecule has 13 heteroatoms. The van der Waals surface area contributed by atoms with Crippen LogP contribution in [0.5, 0.6) is 0 Å². The minimum absolute atomic E-state index is 1.27. The van der Waals surface area contributed by atoms with Gasteiger partial charge in [0.15, 0.2) is 13.2 Å². The summed E-state index contributed by atoms with van der Waals surface area (Å²) in [5.41, 5.74) is 7.87. The van der Waals surface area contributed by atoms with E-state index in [0.717, 1.165) is 0 Å². The van der Waals surface area contributed by atoms with Crippen LogP contribution in [0.2, 0.25) is 0 Å². The quantitative estimate of drug-likeness (QED) is 0.247. The van der Waals surface area contributed by atoms with E-state index in [1.807, 2.05) is 4.91 Å². The first-order valence-corrected chi connectivity index (χ1v) is 5.73. The molecule has 0 atom stereocenters. The van der Waals surface area contributed by atoms with Crippen molar-refractivity contribution in [1.82, 2.24) is 0 Å². The maximum absolute atomic E-state index is 11.8. The Morgan fingerprint density at radius 1 is 1.06 bits per heavy atom. The molecule has 0 fully saturated rings. The smallest absolute Gasteiger partial charge is 0.299 e. The molecular formula is C5H6F6N3O3P. The SMILES string of the molecule is [N-]=[N+]=NCP(=O)(OCC(F)(F)F)OCC(F)(F)F. The summed E-state index contributed by atoms with van der Waals surface area (Å²) >= 11 is 0. The first-order chi connectivity index (χ1) is 7.97. The Kier molecular flexibility index (Phi) is 5.94. The molecule has 0 aromatic rings. The highest BCUT2D eigenvalue weighted by molar-refractivity contribution is 7.53. The van der Waals surface area contributed by atoms with Crippen LogP contribution in [0.1, 0.15) is 0 Å². The Morgan fingerprint density at radius 2 is 1.44 bits per heavy atom. The Morgan fingerprint density at radius 3 is 1.72 bits per heavy atom. The molecule has 0 aromatic carbocycles. The van der Waals surface area contributed by atoms with E-state index in [0.29, 0.717) is 0 Å². The highest BCUT2D eigenvalue weighted by Crippen LogP contribution is 2.50. The van der Waals surface area contributed by atoms with Crippen LogP contribution < -0.4 is 0 Å². The van der Waals surface area contributed by atoms with Gasteiger partial charge in [0, 0.05) is 4.91 Å². The van der Waals surface area contributed by atoms with Crippen LogP contribution in [0.4, 0.5) is 26.3 Å². The van der Waals surface area contributed by atoms with Gasteiger partial charge < -0.3 is 0 Å². The van der Waals surface area contributed by atoms with Crippen LogP contribution in [0.15, 0.2) is 5.11 Å². The highest BCUT2D eigenvalue weighted by Gasteiger charge is 2.38. The van der Waals surface area contributed by atoms with Gasteiger partial charge >= 0.3 is 19.9 Å². The van der Waals surface area contributed by atoms with Gasteiger partial charge in [0.05, 0.1) is 0 Å². The minimum Gasteiger partial charge on any atom is -0.299 e. The molecule has 0 bridgehead atoms. The molecule has 0 amide bonds. The number of halogens is 6. The van der Waals surface area contributed by atoms with Gasteiger partial charge in [-0.2, -0.15) is 26.3 Å². The number of rotatable bonds is 6. The number of alkyl halides is 6. The third-order valence-corrected chi connectivity index (χ3v) is 2.67. The number of hydrogen-bond donors (Lipinski definition) is 0. The van der Waals surface area contributed by atoms with E-state index in [2.05, 4.69) is 14.2 Å². The average Bonchev–Trinajstić information content (AvgIpc) is 2.19. The summed E-state index contributed by atoms with van der Waals surface area (Å²) < 4.78 is 89.4. The monoisotopic (exact) mass is 301 g/mol. The molecule has 6 nitrogen and oxygen atoms in total. The van der Waals surface area contributed by atoms with Crippen LogP contribution in [-0.2, 0) is 13.6 Å². The Balaban J connectivity index is 4.62. The van der Waals surface area contributed by atoms with E-state index in [1.165, 1.54) is 0 Å². The lowest BCUT2D eigenvalue weighted by molar-refractivity contribution is -0.165. The van der Waals surface area contributed by atoms with Crippen LogP contribution in [0.25, 0.3) is 10.4 Å². The van der Waals surface area contributed by atoms with E-state index in [4.69, 9.17) is 5.53 Å². The van der Waals surface area contributed by atoms with Gasteiger partial charge in [-0.1, -0.05) is 5.11 Å². The first kappa shape index (κ1) is 17.0. The third kappa shape index (κ3) is 9.11. The van der Waals surface area contributed by atoms with Crippen molar-refractivity contribution in [2.24, 2.45) is 5.11 Å². The van der Waals surface area contributed by atoms with Crippen LogP contribution in [0, 0.1) is 0 Å². The summed E-state index contributed by atoms with van der Waals surface area (Å²) in [5, 5.41) is 2.58. The summed E-state index contributed by atoms with van der Waals surface area (Å²) in [7, 11) is -4.79. The zero-order valence-electron chi connectivity index (χ0n) is 8.40. The topological polar surface area (TPSA) is 84.3 Å². The van der Waals surface area contributed by atoms with Gasteiger partial charge in [0.2, 0.25) is 0 Å². The van der Waals surface area contributed by atoms with Crippen LogP contribution in [-0.4, -0.2) is 31.9 Å². The largest absolute Gasteiger partial charge is 0.412 e. The molecule has 0 N–H and O–H groups in total. The van der Waals surface area contributed by atoms with E-state index < -0.39 is 39.4 Å². The fraction of sp³-hybridized carbons (Fsp3) is 1.00. The van der Waals surface area contributed by atoms with Crippen molar-refractivity contribution in [1.29, 1.82) is 0 Å². The molecule has 106 valence electrons. The highest BCUT2D eigenvalue weighted by atomic mass is 31.2. The maximum Gasteiger partial charge on any atom is 0.412 e. The number of hydrogen-bond acceptors (Lipinski definition) is 4. The molecule has 0 spiro atoms. The van der Waals surface area contributed by atoms with Crippen molar-refractivity contribution in [2.75, 3.05) is 19.5 Å².